The van der Waals surface area contributed by atoms with E-state index in [9.17, 15) is 28.8 Å². The third-order valence-electron chi connectivity index (χ3n) is 6.86. The van der Waals surface area contributed by atoms with Crippen molar-refractivity contribution >= 4 is 47.3 Å². The van der Waals surface area contributed by atoms with E-state index in [4.69, 9.17) is 24.1 Å². The van der Waals surface area contributed by atoms with Crippen molar-refractivity contribution in [3.05, 3.63) is 0 Å². The van der Waals surface area contributed by atoms with E-state index >= 15 is 0 Å². The molecule has 0 rings (SSSR count). The molecular weight excluding hydrogens is 668 g/mol. The van der Waals surface area contributed by atoms with Crippen LogP contribution in [-0.2, 0) is 47.7 Å². The molecule has 0 fully saturated rings. The number of unbranched alkanes of at least 4 members (excludes halogenated alkanes) is 8. The SMILES string of the molecule is CC(C)(C)OC(=O)C(=O)CCCCCCCSCCCCCCCC(=O)NC(CCC(=O)NCCOCCOCC(=O)O)C(=O)OC(C)(C)C. The van der Waals surface area contributed by atoms with Gasteiger partial charge < -0.3 is 34.7 Å². The maximum atomic E-state index is 12.7. The van der Waals surface area contributed by atoms with Crippen molar-refractivity contribution in [2.75, 3.05) is 44.5 Å². The predicted molar refractivity (Wildman–Crippen MR) is 193 cm³/mol. The first-order valence-corrected chi connectivity index (χ1v) is 19.2. The molecule has 0 aliphatic carbocycles. The molecule has 14 heteroatoms. The second kappa shape index (κ2) is 27.9. The Morgan fingerprint density at radius 2 is 1.18 bits per heavy atom. The summed E-state index contributed by atoms with van der Waals surface area (Å²) in [6, 6.07) is -0.930. The molecule has 1 unspecified atom stereocenters. The summed E-state index contributed by atoms with van der Waals surface area (Å²) in [6.45, 7) is 10.9. The summed E-state index contributed by atoms with van der Waals surface area (Å²) in [5.41, 5.74) is -1.38. The normalized spacial score (nSPS) is 12.2. The van der Waals surface area contributed by atoms with Crippen LogP contribution in [0.15, 0.2) is 0 Å². The molecule has 50 heavy (non-hydrogen) atoms. The predicted octanol–water partition coefficient (Wildman–Crippen LogP) is 5.15. The minimum Gasteiger partial charge on any atom is -0.480 e. The van der Waals surface area contributed by atoms with Crippen LogP contribution in [0.3, 0.4) is 0 Å². The number of ketones is 1. The molecule has 0 bridgehead atoms. The highest BCUT2D eigenvalue weighted by atomic mass is 32.2. The van der Waals surface area contributed by atoms with E-state index in [2.05, 4.69) is 10.6 Å². The van der Waals surface area contributed by atoms with Gasteiger partial charge in [-0.1, -0.05) is 38.5 Å². The van der Waals surface area contributed by atoms with Gasteiger partial charge in [-0.25, -0.2) is 14.4 Å². The Labute approximate surface area is 303 Å². The minimum absolute atomic E-state index is 0.0173. The zero-order valence-electron chi connectivity index (χ0n) is 31.4. The smallest absolute Gasteiger partial charge is 0.375 e. The topological polar surface area (TPSA) is 184 Å². The molecule has 13 nitrogen and oxygen atoms in total. The lowest BCUT2D eigenvalue weighted by Crippen LogP contribution is -2.44. The Hall–Kier alpha value is -2.71. The first kappa shape index (κ1) is 47.3. The summed E-state index contributed by atoms with van der Waals surface area (Å²) in [7, 11) is 0. The largest absolute Gasteiger partial charge is 0.480 e. The summed E-state index contributed by atoms with van der Waals surface area (Å²) in [5.74, 6) is -1.13. The van der Waals surface area contributed by atoms with Gasteiger partial charge >= 0.3 is 17.9 Å². The molecular formula is C36H64N2O11S. The van der Waals surface area contributed by atoms with Crippen molar-refractivity contribution in [1.29, 1.82) is 0 Å². The zero-order chi connectivity index (χ0) is 37.8. The Morgan fingerprint density at radius 1 is 0.640 bits per heavy atom. The van der Waals surface area contributed by atoms with Crippen LogP contribution in [0.5, 0.6) is 0 Å². The van der Waals surface area contributed by atoms with E-state index in [0.717, 1.165) is 62.9 Å². The number of aliphatic carboxylic acids is 1. The third-order valence-corrected chi connectivity index (χ3v) is 8.02. The van der Waals surface area contributed by atoms with Gasteiger partial charge in [0.05, 0.1) is 19.8 Å². The van der Waals surface area contributed by atoms with Crippen LogP contribution in [0.2, 0.25) is 0 Å². The molecule has 0 saturated heterocycles. The Kier molecular flexibility index (Phi) is 26.4. The van der Waals surface area contributed by atoms with Gasteiger partial charge in [-0.3, -0.25) is 14.4 Å². The number of rotatable bonds is 30. The van der Waals surface area contributed by atoms with E-state index in [1.54, 1.807) is 41.5 Å². The molecule has 0 aromatic rings. The molecule has 3 N–H and O–H groups in total. The second-order valence-electron chi connectivity index (χ2n) is 14.2. The average molecular weight is 733 g/mol. The lowest BCUT2D eigenvalue weighted by Gasteiger charge is -2.24. The van der Waals surface area contributed by atoms with Gasteiger partial charge in [0.25, 0.3) is 0 Å². The molecule has 1 atom stereocenters. The number of thioether (sulfide) groups is 1. The van der Waals surface area contributed by atoms with E-state index < -0.39 is 47.5 Å². The Balaban J connectivity index is 4.04. The summed E-state index contributed by atoms with van der Waals surface area (Å²) < 4.78 is 20.7. The maximum absolute atomic E-state index is 12.7. The highest BCUT2D eigenvalue weighted by Gasteiger charge is 2.27. The number of esters is 2. The molecule has 0 saturated carbocycles. The number of hydrogen-bond donors (Lipinski definition) is 3. The third kappa shape index (κ3) is 31.3. The highest BCUT2D eigenvalue weighted by Crippen LogP contribution is 2.15. The van der Waals surface area contributed by atoms with Gasteiger partial charge in [0.1, 0.15) is 23.9 Å². The van der Waals surface area contributed by atoms with Gasteiger partial charge in [0, 0.05) is 25.8 Å². The van der Waals surface area contributed by atoms with Crippen LogP contribution in [-0.4, -0.2) is 102 Å². The lowest BCUT2D eigenvalue weighted by atomic mass is 10.1. The van der Waals surface area contributed by atoms with E-state index in [0.29, 0.717) is 19.3 Å². The monoisotopic (exact) mass is 732 g/mol. The first-order chi connectivity index (χ1) is 23.5. The van der Waals surface area contributed by atoms with Gasteiger partial charge in [-0.15, -0.1) is 0 Å². The zero-order valence-corrected chi connectivity index (χ0v) is 32.2. The van der Waals surface area contributed by atoms with Gasteiger partial charge in [0.2, 0.25) is 17.6 Å². The number of carbonyl (C=O) groups excluding carboxylic acids is 5. The number of hydrogen-bond acceptors (Lipinski definition) is 11. The number of carboxylic acid groups (broad SMARTS) is 1. The number of carboxylic acids is 1. The van der Waals surface area contributed by atoms with Crippen molar-refractivity contribution in [2.45, 2.75) is 149 Å². The number of carbonyl (C=O) groups is 6. The maximum Gasteiger partial charge on any atom is 0.375 e. The average Bonchev–Trinajstić information content (AvgIpc) is 3.00. The molecule has 0 aromatic carbocycles. The fourth-order valence-corrected chi connectivity index (χ4v) is 5.49. The number of Topliss-reactive ketones (excluding diaryl/α,β-unsaturated/α-hetero) is 1. The molecule has 0 heterocycles. The fourth-order valence-electron chi connectivity index (χ4n) is 4.47. The number of ether oxygens (including phenoxy) is 4. The molecule has 0 radical (unpaired) electrons. The van der Waals surface area contributed by atoms with Crippen LogP contribution in [0.25, 0.3) is 0 Å². The van der Waals surface area contributed by atoms with Gasteiger partial charge in [-0.2, -0.15) is 11.8 Å². The Morgan fingerprint density at radius 3 is 1.76 bits per heavy atom. The van der Waals surface area contributed by atoms with Crippen molar-refractivity contribution in [3.8, 4) is 0 Å². The van der Waals surface area contributed by atoms with E-state index in [-0.39, 0.29) is 57.4 Å². The quantitative estimate of drug-likeness (QED) is 0.0502. The summed E-state index contributed by atoms with van der Waals surface area (Å²) in [5, 5.41) is 14.0. The second-order valence-corrected chi connectivity index (χ2v) is 15.4. The molecule has 0 aromatic heterocycles. The van der Waals surface area contributed by atoms with Gasteiger partial charge in [-0.05, 0) is 85.2 Å². The molecule has 290 valence electrons. The van der Waals surface area contributed by atoms with Crippen LogP contribution < -0.4 is 10.6 Å². The standard InChI is InChI=1S/C36H64N2O11S/c1-35(2,3)48-33(44)28(19-20-30(40)37-21-22-46-23-24-47-27-32(42)43)38-31(41)18-14-10-8-12-16-26-50-25-15-11-7-9-13-17-29(39)34(45)49-36(4,5)6/h28H,7-27H2,1-6H3,(H,37,40)(H,38,41)(H,42,43). The molecule has 2 amide bonds. The van der Waals surface area contributed by atoms with E-state index in [1.807, 2.05) is 11.8 Å². The van der Waals surface area contributed by atoms with E-state index in [1.165, 1.54) is 0 Å². The van der Waals surface area contributed by atoms with Crippen molar-refractivity contribution in [1.82, 2.24) is 10.6 Å². The summed E-state index contributed by atoms with van der Waals surface area (Å²) >= 11 is 1.95. The van der Waals surface area contributed by atoms with Gasteiger partial charge in [0.15, 0.2) is 0 Å². The fraction of sp³-hybridized carbons (Fsp3) is 0.833. The molecule has 0 spiro atoms. The number of amides is 2. The lowest BCUT2D eigenvalue weighted by molar-refractivity contribution is -0.162. The van der Waals surface area contributed by atoms with Crippen LogP contribution >= 0.6 is 11.8 Å². The van der Waals surface area contributed by atoms with Crippen molar-refractivity contribution in [2.24, 2.45) is 0 Å². The highest BCUT2D eigenvalue weighted by molar-refractivity contribution is 7.99. The molecule has 0 aliphatic heterocycles. The van der Waals surface area contributed by atoms with Crippen molar-refractivity contribution < 1.29 is 52.8 Å². The summed E-state index contributed by atoms with van der Waals surface area (Å²) in [6.07, 6.45) is 10.5. The number of nitrogens with one attached hydrogen (secondary N) is 2. The first-order valence-electron chi connectivity index (χ1n) is 18.0. The molecule has 0 aliphatic rings. The van der Waals surface area contributed by atoms with Crippen LogP contribution in [0.4, 0.5) is 0 Å². The Bertz CT molecular complexity index is 1010. The van der Waals surface area contributed by atoms with Crippen LogP contribution in [0.1, 0.15) is 131 Å². The minimum atomic E-state index is -1.06. The summed E-state index contributed by atoms with van der Waals surface area (Å²) in [4.78, 5) is 71.6. The van der Waals surface area contributed by atoms with Crippen LogP contribution in [0, 0.1) is 0 Å². The van der Waals surface area contributed by atoms with Crippen molar-refractivity contribution in [3.63, 3.8) is 0 Å².